The molecule has 0 heterocycles. The van der Waals surface area contributed by atoms with E-state index in [1.807, 2.05) is 12.2 Å². The van der Waals surface area contributed by atoms with Gasteiger partial charge in [0.1, 0.15) is 0 Å². The van der Waals surface area contributed by atoms with Crippen molar-refractivity contribution in [1.29, 1.82) is 0 Å². The average Bonchev–Trinajstić information content (AvgIpc) is 3.31. The third-order valence-corrected chi connectivity index (χ3v) is 6.88. The molecule has 6 rings (SSSR count). The van der Waals surface area contributed by atoms with Gasteiger partial charge in [-0.15, -0.1) is 0 Å². The van der Waals surface area contributed by atoms with Crippen LogP contribution in [0.3, 0.4) is 0 Å². The molecule has 0 atom stereocenters. The molecular formula is C31H22. The molecule has 0 fully saturated rings. The van der Waals surface area contributed by atoms with Crippen molar-refractivity contribution in [1.82, 2.24) is 0 Å². The predicted molar refractivity (Wildman–Crippen MR) is 131 cm³/mol. The highest BCUT2D eigenvalue weighted by molar-refractivity contribution is 6.01. The van der Waals surface area contributed by atoms with Crippen molar-refractivity contribution in [3.8, 4) is 22.3 Å². The molecule has 4 aromatic rings. The van der Waals surface area contributed by atoms with Crippen LogP contribution in [-0.4, -0.2) is 0 Å². The van der Waals surface area contributed by atoms with Crippen molar-refractivity contribution in [3.63, 3.8) is 0 Å². The first-order valence-electron chi connectivity index (χ1n) is 10.7. The van der Waals surface area contributed by atoms with Gasteiger partial charge in [0.15, 0.2) is 0 Å². The van der Waals surface area contributed by atoms with E-state index in [1.54, 1.807) is 0 Å². The molecule has 0 saturated heterocycles. The molecule has 4 aromatic carbocycles. The topological polar surface area (TPSA) is 0 Å². The molecular weight excluding hydrogens is 372 g/mol. The molecule has 0 nitrogen and oxygen atoms in total. The highest BCUT2D eigenvalue weighted by atomic mass is 14.5. The van der Waals surface area contributed by atoms with Crippen molar-refractivity contribution in [2.75, 3.05) is 0 Å². The SMILES string of the molecule is C=CC1=C(C=C)C2(c3ccccc3-c3ccccc32)c2cccc(-c3ccccc3)c21. The first-order chi connectivity index (χ1) is 15.3. The Kier molecular flexibility index (Phi) is 3.79. The van der Waals surface area contributed by atoms with Gasteiger partial charge in [0.2, 0.25) is 0 Å². The summed E-state index contributed by atoms with van der Waals surface area (Å²) in [5.74, 6) is 0. The van der Waals surface area contributed by atoms with Gasteiger partial charge in [-0.3, -0.25) is 0 Å². The molecule has 0 unspecified atom stereocenters. The van der Waals surface area contributed by atoms with Gasteiger partial charge >= 0.3 is 0 Å². The van der Waals surface area contributed by atoms with Crippen LogP contribution in [0.5, 0.6) is 0 Å². The first kappa shape index (κ1) is 17.9. The first-order valence-corrected chi connectivity index (χ1v) is 10.7. The van der Waals surface area contributed by atoms with Crippen LogP contribution in [0.2, 0.25) is 0 Å². The molecule has 0 saturated carbocycles. The van der Waals surface area contributed by atoms with Gasteiger partial charge in [-0.1, -0.05) is 122 Å². The van der Waals surface area contributed by atoms with Gasteiger partial charge in [-0.05, 0) is 55.7 Å². The van der Waals surface area contributed by atoms with Crippen LogP contribution in [-0.2, 0) is 5.41 Å². The summed E-state index contributed by atoms with van der Waals surface area (Å²) in [6.45, 7) is 8.52. The van der Waals surface area contributed by atoms with Crippen LogP contribution in [0, 0.1) is 0 Å². The van der Waals surface area contributed by atoms with Crippen molar-refractivity contribution in [3.05, 3.63) is 150 Å². The van der Waals surface area contributed by atoms with Gasteiger partial charge in [-0.25, -0.2) is 0 Å². The molecule has 31 heavy (non-hydrogen) atoms. The van der Waals surface area contributed by atoms with Crippen LogP contribution >= 0.6 is 0 Å². The lowest BCUT2D eigenvalue weighted by Crippen LogP contribution is -2.26. The van der Waals surface area contributed by atoms with Gasteiger partial charge in [0, 0.05) is 0 Å². The van der Waals surface area contributed by atoms with E-state index < -0.39 is 0 Å². The third kappa shape index (κ3) is 2.14. The Morgan fingerprint density at radius 1 is 0.516 bits per heavy atom. The van der Waals surface area contributed by atoms with Crippen molar-refractivity contribution >= 4 is 5.57 Å². The normalized spacial score (nSPS) is 14.8. The summed E-state index contributed by atoms with van der Waals surface area (Å²) >= 11 is 0. The molecule has 1 spiro atoms. The van der Waals surface area contributed by atoms with E-state index in [0.29, 0.717) is 0 Å². The molecule has 0 amide bonds. The lowest BCUT2D eigenvalue weighted by Gasteiger charge is -2.31. The summed E-state index contributed by atoms with van der Waals surface area (Å²) in [6, 6.07) is 35.0. The molecule has 0 heteroatoms. The standard InChI is InChI=1S/C31H22/c1-3-22-26(4-2)31(27-18-10-8-15-24(27)25-16-9-11-19-28(25)31)29-20-12-17-23(30(22)29)21-13-6-5-7-14-21/h3-20H,1-2H2. The van der Waals surface area contributed by atoms with Crippen molar-refractivity contribution in [2.45, 2.75) is 5.41 Å². The maximum absolute atomic E-state index is 4.29. The Morgan fingerprint density at radius 2 is 1.06 bits per heavy atom. The fraction of sp³-hybridized carbons (Fsp3) is 0.0323. The highest BCUT2D eigenvalue weighted by Gasteiger charge is 2.51. The zero-order valence-corrected chi connectivity index (χ0v) is 17.3. The third-order valence-electron chi connectivity index (χ3n) is 6.88. The molecule has 0 radical (unpaired) electrons. The zero-order chi connectivity index (χ0) is 21.0. The fourth-order valence-corrected chi connectivity index (χ4v) is 5.79. The second-order valence-electron chi connectivity index (χ2n) is 8.17. The lowest BCUT2D eigenvalue weighted by atomic mass is 9.69. The summed E-state index contributed by atoms with van der Waals surface area (Å²) in [6.07, 6.45) is 4.06. The Bertz CT molecular complexity index is 1350. The molecule has 2 aliphatic rings. The molecule has 0 aliphatic heterocycles. The largest absolute Gasteiger partial charge is 0.0987 e. The predicted octanol–water partition coefficient (Wildman–Crippen LogP) is 7.81. The average molecular weight is 395 g/mol. The molecule has 2 aliphatic carbocycles. The Morgan fingerprint density at radius 3 is 1.68 bits per heavy atom. The Hall–Kier alpha value is -3.90. The summed E-state index contributed by atoms with van der Waals surface area (Å²) in [7, 11) is 0. The summed E-state index contributed by atoms with van der Waals surface area (Å²) in [5.41, 5.74) is 12.3. The summed E-state index contributed by atoms with van der Waals surface area (Å²) < 4.78 is 0. The van der Waals surface area contributed by atoms with E-state index in [2.05, 4.69) is 110 Å². The van der Waals surface area contributed by atoms with E-state index in [9.17, 15) is 0 Å². The fourth-order valence-electron chi connectivity index (χ4n) is 5.79. The molecule has 0 aromatic heterocycles. The van der Waals surface area contributed by atoms with Gasteiger partial charge in [-0.2, -0.15) is 0 Å². The Balaban J connectivity index is 1.81. The smallest absolute Gasteiger partial charge is 0.0725 e. The molecule has 0 bridgehead atoms. The van der Waals surface area contributed by atoms with E-state index in [-0.39, 0.29) is 5.41 Å². The van der Waals surface area contributed by atoms with Gasteiger partial charge in [0.25, 0.3) is 0 Å². The number of benzene rings is 4. The minimum absolute atomic E-state index is 0.363. The zero-order valence-electron chi connectivity index (χ0n) is 17.3. The molecule has 0 N–H and O–H groups in total. The number of rotatable bonds is 3. The van der Waals surface area contributed by atoms with E-state index in [4.69, 9.17) is 0 Å². The van der Waals surface area contributed by atoms with Gasteiger partial charge < -0.3 is 0 Å². The molecule has 146 valence electrons. The minimum atomic E-state index is -0.363. The second-order valence-corrected chi connectivity index (χ2v) is 8.17. The van der Waals surface area contributed by atoms with E-state index in [1.165, 1.54) is 55.7 Å². The number of hydrogen-bond acceptors (Lipinski definition) is 0. The lowest BCUT2D eigenvalue weighted by molar-refractivity contribution is 0.787. The Labute approximate surface area is 183 Å². The van der Waals surface area contributed by atoms with Crippen LogP contribution in [0.15, 0.2) is 128 Å². The number of allylic oxidation sites excluding steroid dienone is 4. The quantitative estimate of drug-likeness (QED) is 0.332. The maximum atomic E-state index is 4.29. The van der Waals surface area contributed by atoms with E-state index in [0.717, 1.165) is 0 Å². The van der Waals surface area contributed by atoms with Crippen LogP contribution < -0.4 is 0 Å². The monoisotopic (exact) mass is 394 g/mol. The van der Waals surface area contributed by atoms with E-state index >= 15 is 0 Å². The van der Waals surface area contributed by atoms with Crippen molar-refractivity contribution in [2.24, 2.45) is 0 Å². The van der Waals surface area contributed by atoms with Crippen LogP contribution in [0.4, 0.5) is 0 Å². The minimum Gasteiger partial charge on any atom is -0.0987 e. The maximum Gasteiger partial charge on any atom is 0.0725 e. The van der Waals surface area contributed by atoms with Gasteiger partial charge in [0.05, 0.1) is 5.41 Å². The highest BCUT2D eigenvalue weighted by Crippen LogP contribution is 2.63. The second kappa shape index (κ2) is 6.55. The summed E-state index contributed by atoms with van der Waals surface area (Å²) in [5, 5.41) is 0. The number of fused-ring (bicyclic) bond motifs is 7. The number of hydrogen-bond donors (Lipinski definition) is 0. The van der Waals surface area contributed by atoms with Crippen LogP contribution in [0.25, 0.3) is 27.8 Å². The summed E-state index contributed by atoms with van der Waals surface area (Å²) in [4.78, 5) is 0. The van der Waals surface area contributed by atoms with Crippen molar-refractivity contribution < 1.29 is 0 Å². The van der Waals surface area contributed by atoms with Crippen LogP contribution in [0.1, 0.15) is 22.3 Å².